The molecule has 0 aliphatic rings. The Morgan fingerprint density at radius 2 is 2.17 bits per heavy atom. The molecule has 0 bridgehead atoms. The van der Waals surface area contributed by atoms with Crippen molar-refractivity contribution in [1.29, 1.82) is 0 Å². The van der Waals surface area contributed by atoms with Gasteiger partial charge >= 0.3 is 0 Å². The van der Waals surface area contributed by atoms with E-state index in [1.54, 1.807) is 0 Å². The van der Waals surface area contributed by atoms with E-state index in [1.807, 2.05) is 18.2 Å². The summed E-state index contributed by atoms with van der Waals surface area (Å²) in [6.45, 7) is 4.14. The van der Waals surface area contributed by atoms with Crippen LogP contribution < -0.4 is 5.32 Å². The number of hydrogen-bond donors (Lipinski definition) is 2. The zero-order valence-electron chi connectivity index (χ0n) is 10.8. The molecule has 0 saturated heterocycles. The molecule has 0 fully saturated rings. The predicted molar refractivity (Wildman–Crippen MR) is 81.0 cm³/mol. The van der Waals surface area contributed by atoms with E-state index >= 15 is 0 Å². The normalized spacial score (nSPS) is 12.7. The first kappa shape index (κ1) is 16.0. The molecule has 0 aliphatic heterocycles. The van der Waals surface area contributed by atoms with Crippen LogP contribution in [0.25, 0.3) is 0 Å². The topological polar surface area (TPSA) is 32.3 Å². The molecule has 1 unspecified atom stereocenters. The molecule has 2 nitrogen and oxygen atoms in total. The minimum Gasteiger partial charge on any atom is -0.396 e. The highest BCUT2D eigenvalue weighted by Crippen LogP contribution is 2.21. The summed E-state index contributed by atoms with van der Waals surface area (Å²) in [4.78, 5) is 0. The van der Waals surface area contributed by atoms with Crippen LogP contribution in [-0.4, -0.2) is 18.3 Å². The van der Waals surface area contributed by atoms with Gasteiger partial charge in [-0.15, -0.1) is 0 Å². The zero-order chi connectivity index (χ0) is 13.4. The standard InChI is InChI=1S/C14H21BrClNO/c1-2-3-11(6-7-18)9-17-10-12-8-13(15)4-5-14(12)16/h4-5,8,11,17-18H,2-3,6-7,9-10H2,1H3. The van der Waals surface area contributed by atoms with Crippen LogP contribution in [0, 0.1) is 5.92 Å². The molecule has 102 valence electrons. The zero-order valence-corrected chi connectivity index (χ0v) is 13.1. The smallest absolute Gasteiger partial charge is 0.0451 e. The van der Waals surface area contributed by atoms with Crippen molar-refractivity contribution in [2.24, 2.45) is 5.92 Å². The van der Waals surface area contributed by atoms with E-state index in [0.717, 1.165) is 47.4 Å². The number of aliphatic hydroxyl groups is 1. The lowest BCUT2D eigenvalue weighted by Crippen LogP contribution is -2.23. The summed E-state index contributed by atoms with van der Waals surface area (Å²) in [6.07, 6.45) is 3.18. The monoisotopic (exact) mass is 333 g/mol. The van der Waals surface area contributed by atoms with E-state index in [4.69, 9.17) is 16.7 Å². The fourth-order valence-electron chi connectivity index (χ4n) is 2.03. The van der Waals surface area contributed by atoms with Crippen molar-refractivity contribution in [2.45, 2.75) is 32.7 Å². The van der Waals surface area contributed by atoms with Crippen LogP contribution in [0.5, 0.6) is 0 Å². The van der Waals surface area contributed by atoms with Gasteiger partial charge in [0.25, 0.3) is 0 Å². The number of halogens is 2. The number of nitrogens with one attached hydrogen (secondary N) is 1. The van der Waals surface area contributed by atoms with E-state index in [-0.39, 0.29) is 6.61 Å². The number of aliphatic hydroxyl groups excluding tert-OH is 1. The summed E-state index contributed by atoms with van der Waals surface area (Å²) in [7, 11) is 0. The van der Waals surface area contributed by atoms with Crippen molar-refractivity contribution in [1.82, 2.24) is 5.32 Å². The molecular weight excluding hydrogens is 314 g/mol. The second-order valence-corrected chi connectivity index (χ2v) is 5.86. The van der Waals surface area contributed by atoms with Gasteiger partial charge in [-0.2, -0.15) is 0 Å². The molecule has 0 aromatic heterocycles. The maximum Gasteiger partial charge on any atom is 0.0451 e. The lowest BCUT2D eigenvalue weighted by atomic mass is 10.0. The van der Waals surface area contributed by atoms with Gasteiger partial charge in [-0.05, 0) is 49.1 Å². The highest BCUT2D eigenvalue weighted by atomic mass is 79.9. The SMILES string of the molecule is CCCC(CCO)CNCc1cc(Br)ccc1Cl. The van der Waals surface area contributed by atoms with Gasteiger partial charge in [0.2, 0.25) is 0 Å². The molecule has 0 radical (unpaired) electrons. The lowest BCUT2D eigenvalue weighted by Gasteiger charge is -2.16. The van der Waals surface area contributed by atoms with E-state index in [9.17, 15) is 0 Å². The van der Waals surface area contributed by atoms with Gasteiger partial charge in [-0.25, -0.2) is 0 Å². The molecule has 1 aromatic carbocycles. The summed E-state index contributed by atoms with van der Waals surface area (Å²) in [6, 6.07) is 5.88. The average molecular weight is 335 g/mol. The highest BCUT2D eigenvalue weighted by molar-refractivity contribution is 9.10. The number of rotatable bonds is 8. The second kappa shape index (κ2) is 8.92. The van der Waals surface area contributed by atoms with Crippen molar-refractivity contribution >= 4 is 27.5 Å². The molecule has 2 N–H and O–H groups in total. The Morgan fingerprint density at radius 3 is 2.83 bits per heavy atom. The van der Waals surface area contributed by atoms with Gasteiger partial charge in [-0.3, -0.25) is 0 Å². The third kappa shape index (κ3) is 5.70. The first-order valence-electron chi connectivity index (χ1n) is 6.42. The van der Waals surface area contributed by atoms with Crippen LogP contribution >= 0.6 is 27.5 Å². The average Bonchev–Trinajstić information content (AvgIpc) is 2.34. The van der Waals surface area contributed by atoms with Crippen LogP contribution in [0.4, 0.5) is 0 Å². The molecule has 0 heterocycles. The maximum absolute atomic E-state index is 9.01. The van der Waals surface area contributed by atoms with Crippen LogP contribution in [0.3, 0.4) is 0 Å². The summed E-state index contributed by atoms with van der Waals surface area (Å²) >= 11 is 9.58. The summed E-state index contributed by atoms with van der Waals surface area (Å²) in [5.41, 5.74) is 1.10. The molecule has 4 heteroatoms. The van der Waals surface area contributed by atoms with Crippen LogP contribution in [0.1, 0.15) is 31.7 Å². The van der Waals surface area contributed by atoms with Gasteiger partial charge in [0.1, 0.15) is 0 Å². The minimum absolute atomic E-state index is 0.268. The highest BCUT2D eigenvalue weighted by Gasteiger charge is 2.07. The Hall–Kier alpha value is -0.0900. The third-order valence-corrected chi connectivity index (χ3v) is 3.85. The summed E-state index contributed by atoms with van der Waals surface area (Å²) in [5, 5.41) is 13.2. The largest absolute Gasteiger partial charge is 0.396 e. The molecule has 0 aliphatic carbocycles. The number of hydrogen-bond acceptors (Lipinski definition) is 2. The maximum atomic E-state index is 9.01. The molecule has 0 spiro atoms. The third-order valence-electron chi connectivity index (χ3n) is 2.99. The van der Waals surface area contributed by atoms with Crippen molar-refractivity contribution in [3.8, 4) is 0 Å². The molecule has 1 atom stereocenters. The summed E-state index contributed by atoms with van der Waals surface area (Å²) in [5.74, 6) is 0.547. The quantitative estimate of drug-likeness (QED) is 0.753. The van der Waals surface area contributed by atoms with E-state index in [2.05, 4.69) is 28.2 Å². The Bertz CT molecular complexity index is 354. The van der Waals surface area contributed by atoms with E-state index < -0.39 is 0 Å². The van der Waals surface area contributed by atoms with Crippen LogP contribution in [0.15, 0.2) is 22.7 Å². The first-order valence-corrected chi connectivity index (χ1v) is 7.60. The molecule has 18 heavy (non-hydrogen) atoms. The van der Waals surface area contributed by atoms with E-state index in [0.29, 0.717) is 5.92 Å². The molecule has 1 rings (SSSR count). The summed E-state index contributed by atoms with van der Waals surface area (Å²) < 4.78 is 1.05. The van der Waals surface area contributed by atoms with Crippen molar-refractivity contribution < 1.29 is 5.11 Å². The first-order chi connectivity index (χ1) is 8.67. The van der Waals surface area contributed by atoms with Crippen LogP contribution in [-0.2, 0) is 6.54 Å². The van der Waals surface area contributed by atoms with Crippen molar-refractivity contribution in [3.63, 3.8) is 0 Å². The van der Waals surface area contributed by atoms with Crippen molar-refractivity contribution in [2.75, 3.05) is 13.2 Å². The molecular formula is C14H21BrClNO. The molecule has 1 aromatic rings. The Morgan fingerprint density at radius 1 is 1.39 bits per heavy atom. The Kier molecular flexibility index (Phi) is 7.91. The fourth-order valence-corrected chi connectivity index (χ4v) is 2.62. The Balaban J connectivity index is 2.41. The van der Waals surface area contributed by atoms with Gasteiger partial charge in [0.05, 0.1) is 0 Å². The lowest BCUT2D eigenvalue weighted by molar-refractivity contribution is 0.248. The second-order valence-electron chi connectivity index (χ2n) is 4.53. The van der Waals surface area contributed by atoms with Gasteiger partial charge in [-0.1, -0.05) is 40.9 Å². The molecule has 0 amide bonds. The molecule has 0 saturated carbocycles. The van der Waals surface area contributed by atoms with Gasteiger partial charge < -0.3 is 10.4 Å². The predicted octanol–water partition coefficient (Wildman–Crippen LogP) is 3.99. The van der Waals surface area contributed by atoms with Gasteiger partial charge in [0.15, 0.2) is 0 Å². The van der Waals surface area contributed by atoms with E-state index in [1.165, 1.54) is 0 Å². The van der Waals surface area contributed by atoms with Gasteiger partial charge in [0, 0.05) is 22.6 Å². The van der Waals surface area contributed by atoms with Crippen molar-refractivity contribution in [3.05, 3.63) is 33.3 Å². The minimum atomic E-state index is 0.268. The van der Waals surface area contributed by atoms with Crippen LogP contribution in [0.2, 0.25) is 5.02 Å². The fraction of sp³-hybridized carbons (Fsp3) is 0.571. The number of benzene rings is 1. The Labute approximate surface area is 123 Å².